The summed E-state index contributed by atoms with van der Waals surface area (Å²) in [6.45, 7) is 20.3. The number of ether oxygens (including phenoxy) is 1. The highest BCUT2D eigenvalue weighted by Crippen LogP contribution is 2.42. The molecule has 0 aromatic heterocycles. The number of rotatable bonds is 9. The second-order valence-electron chi connectivity index (χ2n) is 10.5. The van der Waals surface area contributed by atoms with Gasteiger partial charge >= 0.3 is 17.1 Å². The Morgan fingerprint density at radius 2 is 1.23 bits per heavy atom. The lowest BCUT2D eigenvalue weighted by Crippen LogP contribution is -2.56. The molecular weight excluding hydrogens is 476 g/mol. The van der Waals surface area contributed by atoms with Gasteiger partial charge in [-0.15, -0.1) is 0 Å². The maximum Gasteiger partial charge on any atom is 0.315 e. The van der Waals surface area contributed by atoms with Crippen molar-refractivity contribution in [2.75, 3.05) is 0 Å². The van der Waals surface area contributed by atoms with E-state index in [1.54, 1.807) is 0 Å². The molecule has 0 N–H and O–H groups in total. The van der Waals surface area contributed by atoms with Gasteiger partial charge in [0.05, 0.1) is 12.2 Å². The molecule has 4 atom stereocenters. The highest BCUT2D eigenvalue weighted by atomic mass is 28.5. The monoisotopic (exact) mass is 516 g/mol. The van der Waals surface area contributed by atoms with Crippen LogP contribution in [0.15, 0.2) is 0 Å². The summed E-state index contributed by atoms with van der Waals surface area (Å²) in [5.41, 5.74) is 0. The van der Waals surface area contributed by atoms with Crippen LogP contribution in [-0.4, -0.2) is 46.0 Å². The lowest BCUT2D eigenvalue weighted by molar-refractivity contribution is 0.108. The van der Waals surface area contributed by atoms with Crippen molar-refractivity contribution in [3.05, 3.63) is 0 Å². The number of fused-ring (bicyclic) bond motifs is 1. The first kappa shape index (κ1) is 32.5. The van der Waals surface area contributed by atoms with Crippen molar-refractivity contribution in [1.82, 2.24) is 0 Å². The molecule has 0 aromatic rings. The lowest BCUT2D eigenvalue weighted by Gasteiger charge is -2.41. The first-order valence-electron chi connectivity index (χ1n) is 10.2. The topological polar surface area (TPSA) is 40.2 Å². The molecule has 1 saturated heterocycles. The first-order valence-corrected chi connectivity index (χ1v) is 22.4. The molecule has 1 heterocycles. The number of hydrogen-bond acceptors (Lipinski definition) is 4. The summed E-state index contributed by atoms with van der Waals surface area (Å²) in [5.74, 6) is 0.784. The van der Waals surface area contributed by atoms with Crippen LogP contribution in [0.1, 0.15) is 25.7 Å². The fraction of sp³-hybridized carbons (Fsp3) is 1.00. The van der Waals surface area contributed by atoms with Gasteiger partial charge in [-0.25, -0.2) is 0 Å². The smallest absolute Gasteiger partial charge is 0.315 e. The second kappa shape index (κ2) is 13.2. The minimum Gasteiger partial charge on any atom is -0.437 e. The predicted molar refractivity (Wildman–Crippen MR) is 121 cm³/mol. The molecule has 2 aliphatic rings. The minimum atomic E-state index is -2.23. The third-order valence-electron chi connectivity index (χ3n) is 4.66. The molecule has 13 heteroatoms. The van der Waals surface area contributed by atoms with Gasteiger partial charge in [-0.2, -0.15) is 0 Å². The van der Waals surface area contributed by atoms with Crippen molar-refractivity contribution in [2.45, 2.75) is 103 Å². The Bertz CT molecular complexity index is 480. The summed E-state index contributed by atoms with van der Waals surface area (Å²) in [6, 6.07) is 1.09. The second-order valence-corrected chi connectivity index (χ2v) is 27.0. The van der Waals surface area contributed by atoms with Gasteiger partial charge in [0.1, 0.15) is 0 Å². The van der Waals surface area contributed by atoms with E-state index in [2.05, 4.69) is 58.9 Å². The summed E-state index contributed by atoms with van der Waals surface area (Å²) < 4.78 is 57.6. The van der Waals surface area contributed by atoms with Crippen LogP contribution in [0.3, 0.4) is 0 Å². The van der Waals surface area contributed by atoms with Gasteiger partial charge in [0.25, 0.3) is 0 Å². The molecule has 1 saturated carbocycles. The van der Waals surface area contributed by atoms with Crippen molar-refractivity contribution in [3.8, 4) is 0 Å². The highest BCUT2D eigenvalue weighted by molar-refractivity contribution is 6.89. The molecule has 2 rings (SSSR count). The number of hydrogen-bond donors (Lipinski definition) is 0. The highest BCUT2D eigenvalue weighted by Gasteiger charge is 2.47. The van der Waals surface area contributed by atoms with Gasteiger partial charge in [-0.05, 0) is 96.6 Å². The zero-order chi connectivity index (χ0) is 23.1. The first-order chi connectivity index (χ1) is 13.2. The van der Waals surface area contributed by atoms with Crippen molar-refractivity contribution >= 4 is 33.8 Å². The van der Waals surface area contributed by atoms with Crippen LogP contribution >= 0.6 is 0 Å². The molecule has 2 fully saturated rings. The molecule has 184 valence electrons. The van der Waals surface area contributed by atoms with Crippen LogP contribution in [-0.2, 0) is 17.1 Å². The van der Waals surface area contributed by atoms with E-state index in [-0.39, 0.29) is 4.70 Å². The maximum atomic E-state index is 8.00. The number of halogens is 5. The van der Waals surface area contributed by atoms with E-state index in [0.29, 0.717) is 12.2 Å². The van der Waals surface area contributed by atoms with Crippen LogP contribution < -0.4 is 0 Å². The Kier molecular flexibility index (Phi) is 14.3. The molecular formula is C17H41F5O4Si4. The molecule has 1 aliphatic carbocycles. The summed E-state index contributed by atoms with van der Waals surface area (Å²) in [6.07, 6.45) is 6.18. The summed E-state index contributed by atoms with van der Waals surface area (Å²) in [5, 5.41) is 0. The average Bonchev–Trinajstić information content (AvgIpc) is 3.30. The van der Waals surface area contributed by atoms with Crippen molar-refractivity contribution < 1.29 is 40.1 Å². The Balaban J connectivity index is 0. The van der Waals surface area contributed by atoms with Crippen LogP contribution in [0, 0.1) is 5.92 Å². The Labute approximate surface area is 182 Å². The lowest BCUT2D eigenvalue weighted by atomic mass is 9.88. The third-order valence-corrected chi connectivity index (χ3v) is 18.1. The SMILES string of the molecule is C[Si](C)(C)O[Si](C)(C)O[Si](C)(CCC1CCC2OC2C1)O[Si](C)(C)C.F.FF.FF. The Morgan fingerprint density at radius 3 is 1.67 bits per heavy atom. The molecule has 0 radical (unpaired) electrons. The van der Waals surface area contributed by atoms with E-state index in [9.17, 15) is 0 Å². The van der Waals surface area contributed by atoms with Crippen molar-refractivity contribution in [3.63, 3.8) is 0 Å². The van der Waals surface area contributed by atoms with Gasteiger partial charge in [-0.1, -0.05) is 0 Å². The normalized spacial score (nSPS) is 25.3. The summed E-state index contributed by atoms with van der Waals surface area (Å²) in [7, 11) is -7.67. The van der Waals surface area contributed by atoms with E-state index >= 15 is 0 Å². The van der Waals surface area contributed by atoms with Gasteiger partial charge in [-0.3, -0.25) is 4.70 Å². The molecule has 30 heavy (non-hydrogen) atoms. The van der Waals surface area contributed by atoms with E-state index in [1.165, 1.54) is 25.7 Å². The van der Waals surface area contributed by atoms with Crippen LogP contribution in [0.25, 0.3) is 0 Å². The van der Waals surface area contributed by atoms with Crippen LogP contribution in [0.2, 0.25) is 65.0 Å². The molecule has 0 aromatic carbocycles. The molecule has 1 aliphatic heterocycles. The fourth-order valence-corrected chi connectivity index (χ4v) is 22.3. The van der Waals surface area contributed by atoms with Crippen molar-refractivity contribution in [1.29, 1.82) is 0 Å². The zero-order valence-corrected chi connectivity index (χ0v) is 23.8. The van der Waals surface area contributed by atoms with Crippen LogP contribution in [0.4, 0.5) is 23.0 Å². The molecule has 4 nitrogen and oxygen atoms in total. The summed E-state index contributed by atoms with van der Waals surface area (Å²) in [4.78, 5) is 0. The van der Waals surface area contributed by atoms with Gasteiger partial charge in [0, 0.05) is 18.3 Å². The zero-order valence-electron chi connectivity index (χ0n) is 19.8. The number of epoxide rings is 1. The summed E-state index contributed by atoms with van der Waals surface area (Å²) >= 11 is 0. The van der Waals surface area contributed by atoms with E-state index in [1.807, 2.05) is 0 Å². The van der Waals surface area contributed by atoms with Gasteiger partial charge in [0.2, 0.25) is 0 Å². The van der Waals surface area contributed by atoms with E-state index in [0.717, 1.165) is 12.0 Å². The minimum absolute atomic E-state index is 0. The fourth-order valence-electron chi connectivity index (χ4n) is 4.26. The third kappa shape index (κ3) is 13.7. The van der Waals surface area contributed by atoms with Gasteiger partial charge in [0.15, 0.2) is 16.6 Å². The molecule has 0 amide bonds. The predicted octanol–water partition coefficient (Wildman–Crippen LogP) is 7.27. The quantitative estimate of drug-likeness (QED) is 0.183. The van der Waals surface area contributed by atoms with Crippen molar-refractivity contribution in [2.24, 2.45) is 5.92 Å². The molecule has 0 spiro atoms. The average molecular weight is 517 g/mol. The standard InChI is InChI=1S/C17H40O4Si4.2F2.FH/c1-22(2,3)19-24(7,8)21-25(9,20-23(4,5)6)13-12-15-10-11-16-17(14-15)18-16;2*1-2;/h15-17H,10-14H2,1-9H3;;;1H. The largest absolute Gasteiger partial charge is 0.437 e. The van der Waals surface area contributed by atoms with E-state index < -0.39 is 33.8 Å². The Hall–Kier alpha value is 0.358. The van der Waals surface area contributed by atoms with Gasteiger partial charge < -0.3 is 17.1 Å². The molecule has 4 unspecified atom stereocenters. The molecule has 0 bridgehead atoms. The van der Waals surface area contributed by atoms with E-state index in [4.69, 9.17) is 35.4 Å². The maximum absolute atomic E-state index is 8.00. The Morgan fingerprint density at radius 1 is 0.733 bits per heavy atom. The van der Waals surface area contributed by atoms with Crippen LogP contribution in [0.5, 0.6) is 0 Å².